The Morgan fingerprint density at radius 2 is 1.68 bits per heavy atom. The van der Waals surface area contributed by atoms with Crippen LogP contribution in [0.15, 0.2) is 24.3 Å². The van der Waals surface area contributed by atoms with Crippen molar-refractivity contribution >= 4 is 21.4 Å². The lowest BCUT2D eigenvalue weighted by Gasteiger charge is -2.19. The number of rotatable bonds is 6. The van der Waals surface area contributed by atoms with Crippen LogP contribution in [0.1, 0.15) is 26.3 Å². The van der Waals surface area contributed by atoms with E-state index in [-0.39, 0.29) is 5.75 Å². The van der Waals surface area contributed by atoms with E-state index < -0.39 is 14.6 Å². The van der Waals surface area contributed by atoms with Gasteiger partial charge in [-0.2, -0.15) is 0 Å². The van der Waals surface area contributed by atoms with E-state index in [1.807, 2.05) is 24.3 Å². The summed E-state index contributed by atoms with van der Waals surface area (Å²) in [7, 11) is -3.03. The van der Waals surface area contributed by atoms with Crippen LogP contribution in [0.3, 0.4) is 0 Å². The van der Waals surface area contributed by atoms with Crippen LogP contribution in [0, 0.1) is 0 Å². The highest BCUT2D eigenvalue weighted by Gasteiger charge is 2.27. The molecule has 108 valence electrons. The minimum absolute atomic E-state index is 0.178. The van der Waals surface area contributed by atoms with Gasteiger partial charge in [-0.25, -0.2) is 8.42 Å². The monoisotopic (exact) mass is 303 g/mol. The van der Waals surface area contributed by atoms with E-state index in [0.717, 1.165) is 18.0 Å². The molecule has 0 heterocycles. The summed E-state index contributed by atoms with van der Waals surface area (Å²) in [5.74, 6) is 0.178. The lowest BCUT2D eigenvalue weighted by Crippen LogP contribution is -2.35. The minimum atomic E-state index is -3.03. The fourth-order valence-corrected chi connectivity index (χ4v) is 2.67. The molecule has 0 aliphatic heterocycles. The van der Waals surface area contributed by atoms with Gasteiger partial charge in [-0.3, -0.25) is 0 Å². The first-order chi connectivity index (χ1) is 8.72. The maximum Gasteiger partial charge on any atom is 0.156 e. The fraction of sp³-hybridized carbons (Fsp3) is 0.571. The topological polar surface area (TPSA) is 46.2 Å². The molecule has 0 aliphatic rings. The number of halogens is 1. The quantitative estimate of drug-likeness (QED) is 0.822. The summed E-state index contributed by atoms with van der Waals surface area (Å²) in [6.07, 6.45) is 0.868. The van der Waals surface area contributed by atoms with Gasteiger partial charge in [-0.15, -0.1) is 0 Å². The average Bonchev–Trinajstić information content (AvgIpc) is 2.29. The first kappa shape index (κ1) is 16.5. The van der Waals surface area contributed by atoms with Crippen LogP contribution in [0.5, 0.6) is 0 Å². The molecule has 3 nitrogen and oxygen atoms in total. The van der Waals surface area contributed by atoms with Gasteiger partial charge in [0, 0.05) is 11.6 Å². The van der Waals surface area contributed by atoms with E-state index in [2.05, 4.69) is 5.32 Å². The third-order valence-corrected chi connectivity index (χ3v) is 5.84. The highest BCUT2D eigenvalue weighted by Crippen LogP contribution is 2.15. The van der Waals surface area contributed by atoms with Crippen molar-refractivity contribution in [3.63, 3.8) is 0 Å². The second-order valence-corrected chi connectivity index (χ2v) is 8.86. The molecule has 1 N–H and O–H groups in total. The van der Waals surface area contributed by atoms with Crippen LogP contribution >= 0.6 is 11.6 Å². The van der Waals surface area contributed by atoms with Gasteiger partial charge in [-0.1, -0.05) is 23.7 Å². The van der Waals surface area contributed by atoms with Crippen LogP contribution in [0.2, 0.25) is 5.02 Å². The summed E-state index contributed by atoms with van der Waals surface area (Å²) >= 11 is 5.81. The Bertz CT molecular complexity index is 489. The van der Waals surface area contributed by atoms with Crippen molar-refractivity contribution in [3.05, 3.63) is 34.9 Å². The van der Waals surface area contributed by atoms with Crippen molar-refractivity contribution in [2.24, 2.45) is 0 Å². The molecule has 1 aromatic carbocycles. The molecule has 0 saturated heterocycles. The van der Waals surface area contributed by atoms with E-state index >= 15 is 0 Å². The zero-order valence-corrected chi connectivity index (χ0v) is 13.3. The summed E-state index contributed by atoms with van der Waals surface area (Å²) in [5.41, 5.74) is 1.19. The Morgan fingerprint density at radius 3 is 2.21 bits per heavy atom. The molecule has 0 unspecified atom stereocenters. The molecule has 0 bridgehead atoms. The smallest absolute Gasteiger partial charge is 0.156 e. The van der Waals surface area contributed by atoms with Crippen LogP contribution in [-0.4, -0.2) is 32.0 Å². The molecular formula is C14H22ClNO2S. The molecule has 0 saturated carbocycles. The van der Waals surface area contributed by atoms with Gasteiger partial charge in [0.1, 0.15) is 0 Å². The maximum absolute atomic E-state index is 11.9. The molecule has 1 rings (SSSR count). The van der Waals surface area contributed by atoms with Crippen LogP contribution in [-0.2, 0) is 16.3 Å². The van der Waals surface area contributed by atoms with Gasteiger partial charge in [0.05, 0.1) is 10.5 Å². The first-order valence-corrected chi connectivity index (χ1v) is 8.43. The molecule has 0 aromatic heterocycles. The SMILES string of the molecule is CC(C)(C)S(=O)(=O)CCNCCc1ccc(Cl)cc1. The molecule has 19 heavy (non-hydrogen) atoms. The highest BCUT2D eigenvalue weighted by atomic mass is 35.5. The molecule has 0 atom stereocenters. The second kappa shape index (κ2) is 6.73. The molecular weight excluding hydrogens is 282 g/mol. The fourth-order valence-electron chi connectivity index (χ4n) is 1.52. The maximum atomic E-state index is 11.9. The number of sulfone groups is 1. The number of hydrogen-bond acceptors (Lipinski definition) is 3. The molecule has 1 aromatic rings. The van der Waals surface area contributed by atoms with E-state index in [1.54, 1.807) is 20.8 Å². The molecule has 0 radical (unpaired) electrons. The summed E-state index contributed by atoms with van der Waals surface area (Å²) in [6.45, 7) is 6.45. The Kier molecular flexibility index (Phi) is 5.83. The van der Waals surface area contributed by atoms with Gasteiger partial charge in [0.2, 0.25) is 0 Å². The van der Waals surface area contributed by atoms with Crippen molar-refractivity contribution in [1.82, 2.24) is 5.32 Å². The van der Waals surface area contributed by atoms with Crippen molar-refractivity contribution in [2.45, 2.75) is 31.9 Å². The lowest BCUT2D eigenvalue weighted by atomic mass is 10.1. The molecule has 0 fully saturated rings. The van der Waals surface area contributed by atoms with Crippen molar-refractivity contribution in [2.75, 3.05) is 18.8 Å². The summed E-state index contributed by atoms with van der Waals surface area (Å²) in [5, 5.41) is 3.89. The molecule has 0 aliphatic carbocycles. The van der Waals surface area contributed by atoms with Crippen molar-refractivity contribution < 1.29 is 8.42 Å². The Hall–Kier alpha value is -0.580. The van der Waals surface area contributed by atoms with E-state index in [9.17, 15) is 8.42 Å². The largest absolute Gasteiger partial charge is 0.315 e. The third kappa shape index (κ3) is 5.51. The minimum Gasteiger partial charge on any atom is -0.315 e. The van der Waals surface area contributed by atoms with Gasteiger partial charge in [0.15, 0.2) is 9.84 Å². The zero-order chi connectivity index (χ0) is 14.5. The molecule has 5 heteroatoms. The first-order valence-electron chi connectivity index (χ1n) is 6.40. The predicted octanol–water partition coefficient (Wildman–Crippen LogP) is 2.69. The standard InChI is InChI=1S/C14H22ClNO2S/c1-14(2,3)19(17,18)11-10-16-9-8-12-4-6-13(15)7-5-12/h4-7,16H,8-11H2,1-3H3. The number of benzene rings is 1. The lowest BCUT2D eigenvalue weighted by molar-refractivity contribution is 0.556. The second-order valence-electron chi connectivity index (χ2n) is 5.56. The summed E-state index contributed by atoms with van der Waals surface area (Å²) in [6, 6.07) is 7.69. The van der Waals surface area contributed by atoms with Gasteiger partial charge >= 0.3 is 0 Å². The van der Waals surface area contributed by atoms with E-state index in [0.29, 0.717) is 6.54 Å². The van der Waals surface area contributed by atoms with Crippen molar-refractivity contribution in [3.8, 4) is 0 Å². The average molecular weight is 304 g/mol. The molecule has 0 spiro atoms. The zero-order valence-electron chi connectivity index (χ0n) is 11.7. The molecule has 0 amide bonds. The predicted molar refractivity (Wildman–Crippen MR) is 81.6 cm³/mol. The van der Waals surface area contributed by atoms with Gasteiger partial charge in [0.25, 0.3) is 0 Å². The van der Waals surface area contributed by atoms with E-state index in [1.165, 1.54) is 5.56 Å². The Labute approximate surface area is 121 Å². The Morgan fingerprint density at radius 1 is 1.11 bits per heavy atom. The number of hydrogen-bond donors (Lipinski definition) is 1. The van der Waals surface area contributed by atoms with Crippen LogP contribution in [0.4, 0.5) is 0 Å². The van der Waals surface area contributed by atoms with E-state index in [4.69, 9.17) is 11.6 Å². The number of nitrogens with one attached hydrogen (secondary N) is 1. The van der Waals surface area contributed by atoms with Gasteiger partial charge < -0.3 is 5.32 Å². The highest BCUT2D eigenvalue weighted by molar-refractivity contribution is 7.92. The third-order valence-electron chi connectivity index (χ3n) is 2.98. The van der Waals surface area contributed by atoms with Crippen molar-refractivity contribution in [1.29, 1.82) is 0 Å². The summed E-state index contributed by atoms with van der Waals surface area (Å²) in [4.78, 5) is 0. The van der Waals surface area contributed by atoms with Gasteiger partial charge in [-0.05, 0) is 51.4 Å². The Balaban J connectivity index is 2.27. The van der Waals surface area contributed by atoms with Crippen LogP contribution in [0.25, 0.3) is 0 Å². The summed E-state index contributed by atoms with van der Waals surface area (Å²) < 4.78 is 23.1. The normalized spacial score (nSPS) is 12.6. The van der Waals surface area contributed by atoms with Crippen LogP contribution < -0.4 is 5.32 Å².